The zero-order chi connectivity index (χ0) is 14.3. The molecule has 1 unspecified atom stereocenters. The highest BCUT2D eigenvalue weighted by Crippen LogP contribution is 2.39. The van der Waals surface area contributed by atoms with Crippen molar-refractivity contribution >= 4 is 17.2 Å². The molecular weight excluding hydrogens is 260 g/mol. The average molecular weight is 270 g/mol. The first kappa shape index (κ1) is 12.6. The summed E-state index contributed by atoms with van der Waals surface area (Å²) in [4.78, 5) is 12.3. The second-order valence-corrected chi connectivity index (χ2v) is 4.47. The van der Waals surface area contributed by atoms with E-state index >= 15 is 0 Å². The number of rotatable bonds is 2. The van der Waals surface area contributed by atoms with Crippen molar-refractivity contribution < 1.29 is 10.0 Å². The fourth-order valence-electron chi connectivity index (χ4n) is 2.34. The van der Waals surface area contributed by atoms with E-state index in [1.807, 2.05) is 0 Å². The van der Waals surface area contributed by atoms with Crippen molar-refractivity contribution in [2.45, 2.75) is 6.04 Å². The second kappa shape index (κ2) is 4.61. The van der Waals surface area contributed by atoms with E-state index < -0.39 is 6.04 Å². The number of hydrogen-bond donors (Lipinski definition) is 1. The lowest BCUT2D eigenvalue weighted by atomic mass is 10.0. The molecule has 0 aromatic heterocycles. The number of anilines is 2. The van der Waals surface area contributed by atoms with Crippen LogP contribution in [0.3, 0.4) is 0 Å². The highest BCUT2D eigenvalue weighted by Gasteiger charge is 2.32. The fourth-order valence-corrected chi connectivity index (χ4v) is 2.34. The maximum Gasteiger partial charge on any atom is 0.191 e. The van der Waals surface area contributed by atoms with Gasteiger partial charge in [0.25, 0.3) is 0 Å². The van der Waals surface area contributed by atoms with E-state index in [-0.39, 0.29) is 16.7 Å². The minimum atomic E-state index is -0.944. The Morgan fingerprint density at radius 3 is 2.35 bits per heavy atom. The molecule has 6 nitrogen and oxygen atoms in total. The number of ketones is 1. The van der Waals surface area contributed by atoms with E-state index in [4.69, 9.17) is 5.21 Å². The molecule has 1 heterocycles. The first-order valence-corrected chi connectivity index (χ1v) is 5.95. The van der Waals surface area contributed by atoms with Gasteiger partial charge in [0.1, 0.15) is 6.04 Å². The molecule has 0 bridgehead atoms. The van der Waals surface area contributed by atoms with Crippen LogP contribution >= 0.6 is 0 Å². The topological polar surface area (TPSA) is 89.9 Å². The molecule has 102 valence electrons. The second-order valence-electron chi connectivity index (χ2n) is 4.47. The molecular formula is C14H10N2O4-2. The summed E-state index contributed by atoms with van der Waals surface area (Å²) in [6.45, 7) is 0. The molecule has 0 saturated carbocycles. The van der Waals surface area contributed by atoms with Crippen molar-refractivity contribution in [3.05, 3.63) is 70.1 Å². The van der Waals surface area contributed by atoms with Gasteiger partial charge in [-0.1, -0.05) is 24.3 Å². The highest BCUT2D eigenvalue weighted by molar-refractivity contribution is 6.11. The van der Waals surface area contributed by atoms with Gasteiger partial charge in [-0.15, -0.1) is 0 Å². The molecule has 0 fully saturated rings. The Balaban J connectivity index is 1.98. The van der Waals surface area contributed by atoms with Gasteiger partial charge in [-0.2, -0.15) is 0 Å². The summed E-state index contributed by atoms with van der Waals surface area (Å²) in [5.41, 5.74) is 1.25. The molecule has 0 amide bonds. The van der Waals surface area contributed by atoms with Crippen LogP contribution in [0.5, 0.6) is 0 Å². The van der Waals surface area contributed by atoms with Gasteiger partial charge in [0.05, 0.1) is 5.69 Å². The van der Waals surface area contributed by atoms with Gasteiger partial charge in [-0.05, 0) is 29.8 Å². The molecule has 2 aromatic carbocycles. The van der Waals surface area contributed by atoms with Crippen LogP contribution in [0.25, 0.3) is 0 Å². The van der Waals surface area contributed by atoms with Crippen LogP contribution in [0.4, 0.5) is 11.4 Å². The zero-order valence-corrected chi connectivity index (χ0v) is 10.3. The first-order valence-electron chi connectivity index (χ1n) is 5.95. The standard InChI is InChI=1S/C14H10N2O4/c17-14-11-3-1-2-4-12(11)15(18)13(14)9-5-7-10(8-6-9)16(19)20/h1-8,13,19H/q-2. The van der Waals surface area contributed by atoms with Crippen LogP contribution in [0.15, 0.2) is 48.5 Å². The largest absolute Gasteiger partial charge is 0.758 e. The molecule has 1 N–H and O–H groups in total. The minimum Gasteiger partial charge on any atom is -0.758 e. The van der Waals surface area contributed by atoms with Crippen LogP contribution in [0.1, 0.15) is 22.0 Å². The van der Waals surface area contributed by atoms with Crippen molar-refractivity contribution in [2.24, 2.45) is 0 Å². The zero-order valence-electron chi connectivity index (χ0n) is 10.3. The van der Waals surface area contributed by atoms with E-state index in [1.165, 1.54) is 24.3 Å². The third-order valence-electron chi connectivity index (χ3n) is 3.32. The quantitative estimate of drug-likeness (QED) is 0.843. The molecule has 0 saturated heterocycles. The highest BCUT2D eigenvalue weighted by atomic mass is 16.8. The van der Waals surface area contributed by atoms with E-state index in [1.54, 1.807) is 24.3 Å². The van der Waals surface area contributed by atoms with Crippen molar-refractivity contribution in [3.63, 3.8) is 0 Å². The van der Waals surface area contributed by atoms with Crippen LogP contribution in [0, 0.1) is 10.4 Å². The summed E-state index contributed by atoms with van der Waals surface area (Å²) >= 11 is 0. The fraction of sp³-hybridized carbons (Fsp3) is 0.0714. The summed E-state index contributed by atoms with van der Waals surface area (Å²) in [7, 11) is 0. The molecule has 6 heteroatoms. The van der Waals surface area contributed by atoms with E-state index in [9.17, 15) is 15.2 Å². The first-order chi connectivity index (χ1) is 9.59. The number of hydroxylamine groups is 1. The monoisotopic (exact) mass is 270 g/mol. The predicted octanol–water partition coefficient (Wildman–Crippen LogP) is 2.62. The molecule has 20 heavy (non-hydrogen) atoms. The smallest absolute Gasteiger partial charge is 0.191 e. The lowest BCUT2D eigenvalue weighted by Gasteiger charge is -2.32. The number of carbonyl (C=O) groups excluding carboxylic acids is 1. The molecule has 1 atom stereocenters. The van der Waals surface area contributed by atoms with Crippen LogP contribution in [-0.4, -0.2) is 11.0 Å². The van der Waals surface area contributed by atoms with Gasteiger partial charge >= 0.3 is 0 Å². The number of benzene rings is 2. The Morgan fingerprint density at radius 1 is 1.10 bits per heavy atom. The molecule has 0 aliphatic carbocycles. The van der Waals surface area contributed by atoms with E-state index in [0.29, 0.717) is 21.9 Å². The summed E-state index contributed by atoms with van der Waals surface area (Å²) in [5.74, 6) is -0.272. The third-order valence-corrected chi connectivity index (χ3v) is 3.32. The number of carbonyl (C=O) groups is 1. The van der Waals surface area contributed by atoms with Crippen molar-refractivity contribution in [2.75, 3.05) is 10.3 Å². The average Bonchev–Trinajstić information content (AvgIpc) is 2.72. The normalized spacial score (nSPS) is 17.2. The molecule has 0 spiro atoms. The number of nitrogens with zero attached hydrogens (tertiary/aromatic N) is 2. The molecule has 1 aliphatic heterocycles. The van der Waals surface area contributed by atoms with Crippen LogP contribution < -0.4 is 10.3 Å². The summed E-state index contributed by atoms with van der Waals surface area (Å²) in [6.07, 6.45) is 0. The summed E-state index contributed by atoms with van der Waals surface area (Å²) in [6, 6.07) is 11.3. The third kappa shape index (κ3) is 1.83. The Kier molecular flexibility index (Phi) is 2.90. The van der Waals surface area contributed by atoms with Crippen LogP contribution in [0.2, 0.25) is 0 Å². The van der Waals surface area contributed by atoms with Gasteiger partial charge in [0.2, 0.25) is 0 Å². The minimum absolute atomic E-state index is 0.0363. The Morgan fingerprint density at radius 2 is 1.75 bits per heavy atom. The predicted molar refractivity (Wildman–Crippen MR) is 73.4 cm³/mol. The van der Waals surface area contributed by atoms with Gasteiger partial charge < -0.3 is 20.7 Å². The number of hydrogen-bond acceptors (Lipinski definition) is 6. The maximum absolute atomic E-state index is 12.3. The number of fused-ring (bicyclic) bond motifs is 1. The van der Waals surface area contributed by atoms with Crippen LogP contribution in [-0.2, 0) is 0 Å². The van der Waals surface area contributed by atoms with Gasteiger partial charge in [0, 0.05) is 11.3 Å². The van der Waals surface area contributed by atoms with E-state index in [0.717, 1.165) is 0 Å². The van der Waals surface area contributed by atoms with Crippen molar-refractivity contribution in [1.29, 1.82) is 0 Å². The van der Waals surface area contributed by atoms with Gasteiger partial charge in [0.15, 0.2) is 5.78 Å². The molecule has 3 rings (SSSR count). The number of Topliss-reactive ketones (excluding diaryl/α,β-unsaturated/α-hetero) is 1. The van der Waals surface area contributed by atoms with Gasteiger partial charge in [-0.3, -0.25) is 10.0 Å². The number of para-hydroxylation sites is 1. The van der Waals surface area contributed by atoms with Crippen molar-refractivity contribution in [3.8, 4) is 0 Å². The molecule has 0 radical (unpaired) electrons. The van der Waals surface area contributed by atoms with Gasteiger partial charge in [-0.25, -0.2) is 0 Å². The SMILES string of the molecule is O=C1c2ccccc2N([O-])C1c1ccc(N([O-])O)cc1. The molecule has 1 aliphatic rings. The van der Waals surface area contributed by atoms with Crippen molar-refractivity contribution in [1.82, 2.24) is 0 Å². The maximum atomic E-state index is 12.3. The molecule has 2 aromatic rings. The Bertz CT molecular complexity index is 654. The lowest BCUT2D eigenvalue weighted by molar-refractivity contribution is 0.0973. The summed E-state index contributed by atoms with van der Waals surface area (Å²) < 4.78 is 0. The lowest BCUT2D eigenvalue weighted by Crippen LogP contribution is -2.21. The summed E-state index contributed by atoms with van der Waals surface area (Å²) in [5, 5.41) is 32.1. The Hall–Kier alpha value is -2.41. The van der Waals surface area contributed by atoms with E-state index in [2.05, 4.69) is 0 Å². The Labute approximate surface area is 114 Å².